The summed E-state index contributed by atoms with van der Waals surface area (Å²) in [7, 11) is 0. The predicted octanol–water partition coefficient (Wildman–Crippen LogP) is 2.94. The Hall–Kier alpha value is -2.05. The van der Waals surface area contributed by atoms with Crippen molar-refractivity contribution in [3.05, 3.63) is 64.7 Å². The van der Waals surface area contributed by atoms with Crippen LogP contribution in [0.15, 0.2) is 57.8 Å². The molecule has 0 saturated heterocycles. The van der Waals surface area contributed by atoms with E-state index in [0.717, 1.165) is 15.6 Å². The summed E-state index contributed by atoms with van der Waals surface area (Å²) in [5.41, 5.74) is 7.89. The molecular weight excluding hydrogens is 320 g/mol. The van der Waals surface area contributed by atoms with E-state index in [1.807, 2.05) is 36.4 Å². The quantitative estimate of drug-likeness (QED) is 0.798. The van der Waals surface area contributed by atoms with Crippen LogP contribution in [0.3, 0.4) is 0 Å². The van der Waals surface area contributed by atoms with E-state index in [2.05, 4.69) is 31.1 Å². The zero-order chi connectivity index (χ0) is 13.9. The van der Waals surface area contributed by atoms with E-state index in [1.165, 1.54) is 0 Å². The Morgan fingerprint density at radius 2 is 1.75 bits per heavy atom. The van der Waals surface area contributed by atoms with Crippen molar-refractivity contribution in [1.29, 1.82) is 0 Å². The van der Waals surface area contributed by atoms with Crippen LogP contribution in [0.2, 0.25) is 0 Å². The third-order valence-electron chi connectivity index (χ3n) is 2.88. The van der Waals surface area contributed by atoms with Gasteiger partial charge in [0.1, 0.15) is 6.04 Å². The number of nitrogens with two attached hydrogens (primary N) is 1. The van der Waals surface area contributed by atoms with E-state index in [0.29, 0.717) is 11.7 Å². The summed E-state index contributed by atoms with van der Waals surface area (Å²) < 4.78 is 6.24. The van der Waals surface area contributed by atoms with Crippen LogP contribution in [-0.2, 0) is 0 Å². The maximum atomic E-state index is 6.13. The minimum absolute atomic E-state index is 0.388. The number of halogens is 1. The number of nitrogens with zero attached hydrogens (tertiary/aromatic N) is 3. The van der Waals surface area contributed by atoms with Crippen molar-refractivity contribution in [2.45, 2.75) is 6.04 Å². The van der Waals surface area contributed by atoms with E-state index in [-0.39, 0.29) is 0 Å². The molecule has 3 aromatic rings. The summed E-state index contributed by atoms with van der Waals surface area (Å²) in [5, 5.41) is 3.95. The molecule has 2 heterocycles. The number of hydrogen-bond acceptors (Lipinski definition) is 5. The van der Waals surface area contributed by atoms with Gasteiger partial charge in [0.2, 0.25) is 11.7 Å². The summed E-state index contributed by atoms with van der Waals surface area (Å²) in [5.74, 6) is 0.897. The normalized spacial score (nSPS) is 12.3. The summed E-state index contributed by atoms with van der Waals surface area (Å²) in [6.07, 6.45) is 3.36. The minimum atomic E-state index is -0.439. The molecule has 2 N–H and O–H groups in total. The van der Waals surface area contributed by atoms with E-state index in [1.54, 1.807) is 12.4 Å². The monoisotopic (exact) mass is 330 g/mol. The fourth-order valence-corrected chi connectivity index (χ4v) is 2.06. The van der Waals surface area contributed by atoms with Crippen molar-refractivity contribution >= 4 is 15.9 Å². The lowest BCUT2D eigenvalue weighted by Gasteiger charge is -2.06. The third kappa shape index (κ3) is 2.61. The van der Waals surface area contributed by atoms with Crippen LogP contribution in [-0.4, -0.2) is 15.1 Å². The van der Waals surface area contributed by atoms with Crippen molar-refractivity contribution in [3.8, 4) is 11.4 Å². The number of aromatic nitrogens is 3. The van der Waals surface area contributed by atoms with Crippen LogP contribution >= 0.6 is 15.9 Å². The molecular formula is C14H11BrN4O. The van der Waals surface area contributed by atoms with Crippen molar-refractivity contribution in [1.82, 2.24) is 15.1 Å². The minimum Gasteiger partial charge on any atom is -0.337 e. The zero-order valence-corrected chi connectivity index (χ0v) is 12.0. The molecule has 0 aliphatic rings. The molecule has 0 aliphatic heterocycles. The molecule has 20 heavy (non-hydrogen) atoms. The van der Waals surface area contributed by atoms with Gasteiger partial charge in [0, 0.05) is 22.4 Å². The molecule has 1 unspecified atom stereocenters. The van der Waals surface area contributed by atoms with E-state index in [9.17, 15) is 0 Å². The van der Waals surface area contributed by atoms with Gasteiger partial charge >= 0.3 is 0 Å². The van der Waals surface area contributed by atoms with Crippen LogP contribution in [0.5, 0.6) is 0 Å². The third-order valence-corrected chi connectivity index (χ3v) is 3.40. The standard InChI is InChI=1S/C14H11BrN4O/c15-11-3-1-9(2-4-11)12(16)14-18-13(19-20-14)10-5-7-17-8-6-10/h1-8,12H,16H2. The summed E-state index contributed by atoms with van der Waals surface area (Å²) in [6, 6.07) is 10.9. The van der Waals surface area contributed by atoms with Gasteiger partial charge in [-0.05, 0) is 29.8 Å². The first-order chi connectivity index (χ1) is 9.74. The van der Waals surface area contributed by atoms with Gasteiger partial charge in [-0.2, -0.15) is 4.98 Å². The van der Waals surface area contributed by atoms with Crippen molar-refractivity contribution in [2.75, 3.05) is 0 Å². The Morgan fingerprint density at radius 1 is 1.05 bits per heavy atom. The molecule has 0 bridgehead atoms. The van der Waals surface area contributed by atoms with Gasteiger partial charge in [0.05, 0.1) is 0 Å². The summed E-state index contributed by atoms with van der Waals surface area (Å²) in [4.78, 5) is 8.29. The second-order valence-corrected chi connectivity index (χ2v) is 5.14. The van der Waals surface area contributed by atoms with Gasteiger partial charge in [-0.25, -0.2) is 0 Å². The molecule has 0 aliphatic carbocycles. The van der Waals surface area contributed by atoms with E-state index >= 15 is 0 Å². The molecule has 0 radical (unpaired) electrons. The topological polar surface area (TPSA) is 77.8 Å². The predicted molar refractivity (Wildman–Crippen MR) is 77.7 cm³/mol. The summed E-state index contributed by atoms with van der Waals surface area (Å²) >= 11 is 3.39. The highest BCUT2D eigenvalue weighted by Crippen LogP contribution is 2.22. The Morgan fingerprint density at radius 3 is 2.45 bits per heavy atom. The highest BCUT2D eigenvalue weighted by Gasteiger charge is 2.17. The van der Waals surface area contributed by atoms with Crippen LogP contribution < -0.4 is 5.73 Å². The first-order valence-corrected chi connectivity index (χ1v) is 6.78. The van der Waals surface area contributed by atoms with Crippen LogP contribution in [0.25, 0.3) is 11.4 Å². The molecule has 6 heteroatoms. The van der Waals surface area contributed by atoms with Crippen molar-refractivity contribution in [3.63, 3.8) is 0 Å². The van der Waals surface area contributed by atoms with E-state index in [4.69, 9.17) is 10.3 Å². The lowest BCUT2D eigenvalue weighted by molar-refractivity contribution is 0.367. The highest BCUT2D eigenvalue weighted by molar-refractivity contribution is 9.10. The molecule has 0 fully saturated rings. The SMILES string of the molecule is NC(c1ccc(Br)cc1)c1nc(-c2ccncc2)no1. The molecule has 0 spiro atoms. The highest BCUT2D eigenvalue weighted by atomic mass is 79.9. The molecule has 3 rings (SSSR count). The average Bonchev–Trinajstić information content (AvgIpc) is 2.98. The van der Waals surface area contributed by atoms with Gasteiger partial charge in [-0.3, -0.25) is 4.98 Å². The van der Waals surface area contributed by atoms with Gasteiger partial charge < -0.3 is 10.3 Å². The molecule has 1 aromatic carbocycles. The van der Waals surface area contributed by atoms with Crippen LogP contribution in [0, 0.1) is 0 Å². The van der Waals surface area contributed by atoms with Crippen LogP contribution in [0.1, 0.15) is 17.5 Å². The molecule has 0 amide bonds. The molecule has 1 atom stereocenters. The Bertz CT molecular complexity index is 697. The molecule has 100 valence electrons. The number of benzene rings is 1. The Balaban J connectivity index is 1.88. The number of rotatable bonds is 3. The second-order valence-electron chi connectivity index (χ2n) is 4.22. The van der Waals surface area contributed by atoms with Gasteiger partial charge in [-0.15, -0.1) is 0 Å². The second kappa shape index (κ2) is 5.52. The first-order valence-electron chi connectivity index (χ1n) is 5.99. The maximum absolute atomic E-state index is 6.13. The van der Waals surface area contributed by atoms with Gasteiger partial charge in [0.25, 0.3) is 0 Å². The van der Waals surface area contributed by atoms with E-state index < -0.39 is 6.04 Å². The molecule has 0 saturated carbocycles. The first kappa shape index (κ1) is 13.0. The molecule has 5 nitrogen and oxygen atoms in total. The van der Waals surface area contributed by atoms with Gasteiger partial charge in [0.15, 0.2) is 0 Å². The average molecular weight is 331 g/mol. The summed E-state index contributed by atoms with van der Waals surface area (Å²) in [6.45, 7) is 0. The number of hydrogen-bond donors (Lipinski definition) is 1. The van der Waals surface area contributed by atoms with Crippen molar-refractivity contribution in [2.24, 2.45) is 5.73 Å². The zero-order valence-electron chi connectivity index (χ0n) is 10.4. The Labute approximate surface area is 124 Å². The molecule has 2 aromatic heterocycles. The Kier molecular flexibility index (Phi) is 3.58. The largest absolute Gasteiger partial charge is 0.337 e. The van der Waals surface area contributed by atoms with Crippen LogP contribution in [0.4, 0.5) is 0 Å². The fraction of sp³-hybridized carbons (Fsp3) is 0.0714. The number of pyridine rings is 1. The maximum Gasteiger partial charge on any atom is 0.248 e. The lowest BCUT2D eigenvalue weighted by Crippen LogP contribution is -2.12. The lowest BCUT2D eigenvalue weighted by atomic mass is 10.1. The smallest absolute Gasteiger partial charge is 0.248 e. The van der Waals surface area contributed by atoms with Crippen molar-refractivity contribution < 1.29 is 4.52 Å². The fourth-order valence-electron chi connectivity index (χ4n) is 1.79. The van der Waals surface area contributed by atoms with Gasteiger partial charge in [-0.1, -0.05) is 33.2 Å².